The highest BCUT2D eigenvalue weighted by Gasteiger charge is 2.20. The largest absolute Gasteiger partial charge is 0.495 e. The van der Waals surface area contributed by atoms with Crippen LogP contribution in [0.5, 0.6) is 11.5 Å². The molecule has 0 bridgehead atoms. The van der Waals surface area contributed by atoms with Gasteiger partial charge in [-0.1, -0.05) is 12.1 Å². The molecule has 146 valence electrons. The molecule has 0 aliphatic heterocycles. The lowest BCUT2D eigenvalue weighted by Crippen LogP contribution is -2.21. The van der Waals surface area contributed by atoms with Crippen LogP contribution >= 0.6 is 0 Å². The first-order chi connectivity index (χ1) is 13.5. The Kier molecular flexibility index (Phi) is 5.84. The zero-order valence-electron chi connectivity index (χ0n) is 15.9. The van der Waals surface area contributed by atoms with Crippen molar-refractivity contribution in [1.29, 1.82) is 0 Å². The molecule has 0 aliphatic rings. The van der Waals surface area contributed by atoms with Crippen LogP contribution in [0.1, 0.15) is 23.0 Å². The van der Waals surface area contributed by atoms with E-state index in [-0.39, 0.29) is 5.76 Å². The first-order valence-electron chi connectivity index (χ1n) is 8.79. The summed E-state index contributed by atoms with van der Waals surface area (Å²) in [5.41, 5.74) is 1.67. The smallest absolute Gasteiger partial charge is 0.375 e. The van der Waals surface area contributed by atoms with Gasteiger partial charge in [0.15, 0.2) is 6.61 Å². The van der Waals surface area contributed by atoms with Gasteiger partial charge >= 0.3 is 5.97 Å². The standard InChI is InChI=1S/C21H21NO6/c1-4-26-14-9-10-17-15(11-14)13(2)20(28-17)21(24)27-12-19(23)22-16-7-5-6-8-18(16)25-3/h5-11H,4,12H2,1-3H3,(H,22,23). The number of benzene rings is 2. The fourth-order valence-electron chi connectivity index (χ4n) is 2.78. The number of carbonyl (C=O) groups excluding carboxylic acids is 2. The van der Waals surface area contributed by atoms with Gasteiger partial charge < -0.3 is 23.9 Å². The predicted octanol–water partition coefficient (Wildman–Crippen LogP) is 3.94. The molecule has 0 spiro atoms. The molecule has 28 heavy (non-hydrogen) atoms. The molecule has 3 aromatic rings. The van der Waals surface area contributed by atoms with E-state index in [0.29, 0.717) is 34.9 Å². The first kappa shape index (κ1) is 19.3. The van der Waals surface area contributed by atoms with Crippen molar-refractivity contribution >= 4 is 28.5 Å². The number of rotatable bonds is 7. The molecule has 0 saturated carbocycles. The molecular weight excluding hydrogens is 362 g/mol. The van der Waals surface area contributed by atoms with Crippen LogP contribution in [-0.2, 0) is 9.53 Å². The summed E-state index contributed by atoms with van der Waals surface area (Å²) in [4.78, 5) is 24.5. The molecule has 7 heteroatoms. The Morgan fingerprint density at radius 2 is 1.93 bits per heavy atom. The number of hydrogen-bond acceptors (Lipinski definition) is 6. The summed E-state index contributed by atoms with van der Waals surface area (Å²) in [6, 6.07) is 12.3. The van der Waals surface area contributed by atoms with Gasteiger partial charge in [-0.15, -0.1) is 0 Å². The second kappa shape index (κ2) is 8.47. The Morgan fingerprint density at radius 3 is 2.68 bits per heavy atom. The number of methoxy groups -OCH3 is 1. The fourth-order valence-corrected chi connectivity index (χ4v) is 2.78. The van der Waals surface area contributed by atoms with E-state index in [1.807, 2.05) is 13.0 Å². The van der Waals surface area contributed by atoms with Crippen molar-refractivity contribution in [2.75, 3.05) is 25.6 Å². The molecule has 1 heterocycles. The maximum absolute atomic E-state index is 12.4. The Hall–Kier alpha value is -3.48. The second-order valence-electron chi connectivity index (χ2n) is 5.97. The number of anilines is 1. The van der Waals surface area contributed by atoms with E-state index >= 15 is 0 Å². The topological polar surface area (TPSA) is 87.0 Å². The number of amides is 1. The van der Waals surface area contributed by atoms with Gasteiger partial charge in [-0.25, -0.2) is 4.79 Å². The molecule has 0 atom stereocenters. The molecule has 1 aromatic heterocycles. The van der Waals surface area contributed by atoms with Gasteiger partial charge in [-0.2, -0.15) is 0 Å². The highest BCUT2D eigenvalue weighted by molar-refractivity contribution is 5.98. The van der Waals surface area contributed by atoms with E-state index in [0.717, 1.165) is 5.39 Å². The summed E-state index contributed by atoms with van der Waals surface area (Å²) in [5.74, 6) is 0.0798. The van der Waals surface area contributed by atoms with Crippen molar-refractivity contribution in [3.8, 4) is 11.5 Å². The quantitative estimate of drug-likeness (QED) is 0.622. The van der Waals surface area contributed by atoms with Crippen LogP contribution in [0.15, 0.2) is 46.9 Å². The molecule has 1 N–H and O–H groups in total. The maximum atomic E-state index is 12.4. The number of ether oxygens (including phenoxy) is 3. The van der Waals surface area contributed by atoms with Crippen LogP contribution in [0.4, 0.5) is 5.69 Å². The highest BCUT2D eigenvalue weighted by Crippen LogP contribution is 2.29. The minimum absolute atomic E-state index is 0.0636. The highest BCUT2D eigenvalue weighted by atomic mass is 16.5. The van der Waals surface area contributed by atoms with E-state index < -0.39 is 18.5 Å². The second-order valence-corrected chi connectivity index (χ2v) is 5.97. The van der Waals surface area contributed by atoms with E-state index in [1.54, 1.807) is 43.3 Å². The maximum Gasteiger partial charge on any atom is 0.375 e. The lowest BCUT2D eigenvalue weighted by molar-refractivity contribution is -0.119. The van der Waals surface area contributed by atoms with Crippen molar-refractivity contribution in [3.63, 3.8) is 0 Å². The van der Waals surface area contributed by atoms with Gasteiger partial charge in [-0.05, 0) is 44.2 Å². The van der Waals surface area contributed by atoms with Gasteiger partial charge in [0, 0.05) is 10.9 Å². The van der Waals surface area contributed by atoms with Crippen molar-refractivity contribution in [2.24, 2.45) is 0 Å². The molecule has 0 fully saturated rings. The zero-order valence-corrected chi connectivity index (χ0v) is 15.9. The summed E-state index contributed by atoms with van der Waals surface area (Å²) in [6.45, 7) is 3.74. The van der Waals surface area contributed by atoms with Gasteiger partial charge in [0.1, 0.15) is 17.1 Å². The molecule has 0 unspecified atom stereocenters. The third kappa shape index (κ3) is 4.09. The normalized spacial score (nSPS) is 10.5. The average molecular weight is 383 g/mol. The van der Waals surface area contributed by atoms with Crippen LogP contribution in [-0.4, -0.2) is 32.2 Å². The molecule has 2 aromatic carbocycles. The number of aryl methyl sites for hydroxylation is 1. The number of nitrogens with one attached hydrogen (secondary N) is 1. The summed E-state index contributed by atoms with van der Waals surface area (Å²) in [5, 5.41) is 3.40. The Balaban J connectivity index is 1.67. The molecule has 1 amide bonds. The minimum atomic E-state index is -0.707. The van der Waals surface area contributed by atoms with Crippen LogP contribution in [0, 0.1) is 6.92 Å². The Labute approximate surface area is 162 Å². The monoisotopic (exact) mass is 383 g/mol. The number of furan rings is 1. The summed E-state index contributed by atoms with van der Waals surface area (Å²) in [6.07, 6.45) is 0. The van der Waals surface area contributed by atoms with Crippen molar-refractivity contribution < 1.29 is 28.2 Å². The predicted molar refractivity (Wildman–Crippen MR) is 104 cm³/mol. The van der Waals surface area contributed by atoms with Crippen LogP contribution in [0.25, 0.3) is 11.0 Å². The van der Waals surface area contributed by atoms with E-state index in [4.69, 9.17) is 18.6 Å². The number of para-hydroxylation sites is 2. The van der Waals surface area contributed by atoms with E-state index in [1.165, 1.54) is 7.11 Å². The number of carbonyl (C=O) groups is 2. The van der Waals surface area contributed by atoms with Crippen molar-refractivity contribution in [3.05, 3.63) is 53.8 Å². The summed E-state index contributed by atoms with van der Waals surface area (Å²) >= 11 is 0. The molecule has 0 aliphatic carbocycles. The van der Waals surface area contributed by atoms with Gasteiger partial charge in [-0.3, -0.25) is 4.79 Å². The summed E-state index contributed by atoms with van der Waals surface area (Å²) in [7, 11) is 1.51. The van der Waals surface area contributed by atoms with Crippen LogP contribution < -0.4 is 14.8 Å². The van der Waals surface area contributed by atoms with Crippen molar-refractivity contribution in [2.45, 2.75) is 13.8 Å². The van der Waals surface area contributed by atoms with E-state index in [2.05, 4.69) is 5.32 Å². The van der Waals surface area contributed by atoms with Crippen LogP contribution in [0.3, 0.4) is 0 Å². The van der Waals surface area contributed by atoms with Crippen molar-refractivity contribution in [1.82, 2.24) is 0 Å². The minimum Gasteiger partial charge on any atom is -0.495 e. The SMILES string of the molecule is CCOc1ccc2oc(C(=O)OCC(=O)Nc3ccccc3OC)c(C)c2c1. The Bertz CT molecular complexity index is 1010. The molecule has 0 radical (unpaired) electrons. The first-order valence-corrected chi connectivity index (χ1v) is 8.79. The lowest BCUT2D eigenvalue weighted by Gasteiger charge is -2.09. The summed E-state index contributed by atoms with van der Waals surface area (Å²) < 4.78 is 21.3. The van der Waals surface area contributed by atoms with Gasteiger partial charge in [0.2, 0.25) is 5.76 Å². The number of fused-ring (bicyclic) bond motifs is 1. The molecular formula is C21H21NO6. The lowest BCUT2D eigenvalue weighted by atomic mass is 10.1. The van der Waals surface area contributed by atoms with Crippen LogP contribution in [0.2, 0.25) is 0 Å². The molecule has 7 nitrogen and oxygen atoms in total. The zero-order chi connectivity index (χ0) is 20.1. The Morgan fingerprint density at radius 1 is 1.14 bits per heavy atom. The van der Waals surface area contributed by atoms with E-state index in [9.17, 15) is 9.59 Å². The molecule has 0 saturated heterocycles. The third-order valence-corrected chi connectivity index (χ3v) is 4.12. The number of hydrogen-bond donors (Lipinski definition) is 1. The number of esters is 1. The average Bonchev–Trinajstić information content (AvgIpc) is 3.03. The molecule has 3 rings (SSSR count). The fraction of sp³-hybridized carbons (Fsp3) is 0.238. The third-order valence-electron chi connectivity index (χ3n) is 4.12. The van der Waals surface area contributed by atoms with Gasteiger partial charge in [0.25, 0.3) is 5.91 Å². The van der Waals surface area contributed by atoms with Gasteiger partial charge in [0.05, 0.1) is 19.4 Å².